The SMILES string of the molecule is CC1(C)c2ccccc2-c2c(Nc3ccccc3-c3ccccc3-n3c4ccccc4c4ccccc43)cccc21. The monoisotopic (exact) mass is 526 g/mol. The van der Waals surface area contributed by atoms with E-state index >= 15 is 0 Å². The smallest absolute Gasteiger partial charge is 0.0541 e. The van der Waals surface area contributed by atoms with Gasteiger partial charge in [-0.2, -0.15) is 0 Å². The molecule has 1 heterocycles. The van der Waals surface area contributed by atoms with Crippen molar-refractivity contribution in [2.45, 2.75) is 19.3 Å². The third-order valence-corrected chi connectivity index (χ3v) is 8.82. The first-order chi connectivity index (χ1) is 20.1. The average molecular weight is 527 g/mol. The van der Waals surface area contributed by atoms with Crippen LogP contribution in [0.15, 0.2) is 140 Å². The predicted molar refractivity (Wildman–Crippen MR) is 174 cm³/mol. The third-order valence-electron chi connectivity index (χ3n) is 8.82. The van der Waals surface area contributed by atoms with Crippen LogP contribution in [0.3, 0.4) is 0 Å². The van der Waals surface area contributed by atoms with Crippen LogP contribution in [0.25, 0.3) is 49.7 Å². The Bertz CT molecular complexity index is 2060. The average Bonchev–Trinajstić information content (AvgIpc) is 3.47. The normalized spacial score (nSPS) is 13.3. The van der Waals surface area contributed by atoms with Gasteiger partial charge >= 0.3 is 0 Å². The quantitative estimate of drug-likeness (QED) is 0.241. The molecule has 1 N–H and O–H groups in total. The predicted octanol–water partition coefficient (Wildman–Crippen LogP) is 10.5. The molecule has 0 saturated carbocycles. The number of fused-ring (bicyclic) bond motifs is 6. The topological polar surface area (TPSA) is 17.0 Å². The molecule has 0 atom stereocenters. The maximum Gasteiger partial charge on any atom is 0.0541 e. The van der Waals surface area contributed by atoms with Gasteiger partial charge in [0.15, 0.2) is 0 Å². The number of para-hydroxylation sites is 4. The molecule has 6 aromatic carbocycles. The molecule has 0 unspecified atom stereocenters. The van der Waals surface area contributed by atoms with Gasteiger partial charge in [-0.3, -0.25) is 0 Å². The Kier molecular flexibility index (Phi) is 5.20. The number of rotatable bonds is 4. The molecule has 0 bridgehead atoms. The number of aromatic nitrogens is 1. The van der Waals surface area contributed by atoms with Crippen molar-refractivity contribution in [1.29, 1.82) is 0 Å². The van der Waals surface area contributed by atoms with Crippen molar-refractivity contribution in [3.05, 3.63) is 151 Å². The van der Waals surface area contributed by atoms with E-state index in [9.17, 15) is 0 Å². The number of hydrogen-bond acceptors (Lipinski definition) is 1. The van der Waals surface area contributed by atoms with E-state index in [4.69, 9.17) is 0 Å². The Morgan fingerprint density at radius 3 is 1.76 bits per heavy atom. The molecule has 0 spiro atoms. The van der Waals surface area contributed by atoms with Gasteiger partial charge in [0.05, 0.1) is 16.7 Å². The minimum absolute atomic E-state index is 0.0354. The van der Waals surface area contributed by atoms with E-state index < -0.39 is 0 Å². The van der Waals surface area contributed by atoms with Crippen molar-refractivity contribution in [2.75, 3.05) is 5.32 Å². The molecule has 7 aromatic rings. The van der Waals surface area contributed by atoms with Gasteiger partial charge in [-0.1, -0.05) is 123 Å². The van der Waals surface area contributed by atoms with E-state index in [1.54, 1.807) is 0 Å². The summed E-state index contributed by atoms with van der Waals surface area (Å²) in [7, 11) is 0. The minimum atomic E-state index is -0.0354. The number of nitrogens with zero attached hydrogens (tertiary/aromatic N) is 1. The second kappa shape index (κ2) is 8.97. The summed E-state index contributed by atoms with van der Waals surface area (Å²) in [6, 6.07) is 50.4. The number of hydrogen-bond donors (Lipinski definition) is 1. The maximum atomic E-state index is 3.89. The first kappa shape index (κ1) is 23.8. The summed E-state index contributed by atoms with van der Waals surface area (Å²) in [5.41, 5.74) is 13.5. The standard InChI is InChI=1S/C39H30N2/c1-39(2)31-19-8-3-18-30(31)38-32(39)20-13-22-34(38)40-33-21-9-4-14-26(33)27-15-5-10-23-35(27)41-36-24-11-6-16-28(36)29-17-7-12-25-37(29)41/h3-25,40H,1-2H3. The van der Waals surface area contributed by atoms with Crippen LogP contribution < -0.4 is 5.32 Å². The lowest BCUT2D eigenvalue weighted by Gasteiger charge is -2.22. The fraction of sp³-hybridized carbons (Fsp3) is 0.0769. The van der Waals surface area contributed by atoms with Crippen LogP contribution in [0.5, 0.6) is 0 Å². The summed E-state index contributed by atoms with van der Waals surface area (Å²) in [4.78, 5) is 0. The summed E-state index contributed by atoms with van der Waals surface area (Å²) in [5.74, 6) is 0. The highest BCUT2D eigenvalue weighted by atomic mass is 15.0. The molecule has 0 amide bonds. The highest BCUT2D eigenvalue weighted by Crippen LogP contribution is 2.52. The summed E-state index contributed by atoms with van der Waals surface area (Å²) in [5, 5.41) is 6.43. The summed E-state index contributed by atoms with van der Waals surface area (Å²) >= 11 is 0. The van der Waals surface area contributed by atoms with E-state index in [2.05, 4.69) is 163 Å². The van der Waals surface area contributed by atoms with Gasteiger partial charge in [-0.05, 0) is 47.0 Å². The van der Waals surface area contributed by atoms with Crippen LogP contribution in [0.2, 0.25) is 0 Å². The fourth-order valence-corrected chi connectivity index (χ4v) is 6.91. The van der Waals surface area contributed by atoms with Gasteiger partial charge in [0.1, 0.15) is 0 Å². The van der Waals surface area contributed by atoms with Gasteiger partial charge < -0.3 is 9.88 Å². The Morgan fingerprint density at radius 1 is 0.463 bits per heavy atom. The van der Waals surface area contributed by atoms with Crippen LogP contribution in [0.1, 0.15) is 25.0 Å². The summed E-state index contributed by atoms with van der Waals surface area (Å²) in [6.45, 7) is 4.66. The van der Waals surface area contributed by atoms with Gasteiger partial charge in [-0.15, -0.1) is 0 Å². The maximum absolute atomic E-state index is 3.89. The molecule has 1 aliphatic carbocycles. The van der Waals surface area contributed by atoms with Gasteiger partial charge in [0.2, 0.25) is 0 Å². The van der Waals surface area contributed by atoms with Crippen LogP contribution in [-0.2, 0) is 5.41 Å². The molecular formula is C39H30N2. The number of benzene rings is 6. The summed E-state index contributed by atoms with van der Waals surface area (Å²) in [6.07, 6.45) is 0. The van der Waals surface area contributed by atoms with Crippen molar-refractivity contribution in [1.82, 2.24) is 4.57 Å². The van der Waals surface area contributed by atoms with E-state index in [1.807, 2.05) is 0 Å². The van der Waals surface area contributed by atoms with Crippen molar-refractivity contribution >= 4 is 33.2 Å². The van der Waals surface area contributed by atoms with Crippen LogP contribution in [0.4, 0.5) is 11.4 Å². The van der Waals surface area contributed by atoms with Gasteiger partial charge in [0.25, 0.3) is 0 Å². The van der Waals surface area contributed by atoms with Crippen LogP contribution in [0, 0.1) is 0 Å². The molecule has 1 aromatic heterocycles. The second-order valence-corrected chi connectivity index (χ2v) is 11.5. The molecule has 2 nitrogen and oxygen atoms in total. The lowest BCUT2D eigenvalue weighted by molar-refractivity contribution is 0.660. The lowest BCUT2D eigenvalue weighted by Crippen LogP contribution is -2.14. The highest BCUT2D eigenvalue weighted by Gasteiger charge is 2.36. The van der Waals surface area contributed by atoms with Crippen molar-refractivity contribution in [3.8, 4) is 27.9 Å². The van der Waals surface area contributed by atoms with Gasteiger partial charge in [-0.25, -0.2) is 0 Å². The first-order valence-corrected chi connectivity index (χ1v) is 14.3. The van der Waals surface area contributed by atoms with Crippen molar-refractivity contribution in [3.63, 3.8) is 0 Å². The van der Waals surface area contributed by atoms with Crippen LogP contribution >= 0.6 is 0 Å². The molecule has 0 saturated heterocycles. The first-order valence-electron chi connectivity index (χ1n) is 14.3. The minimum Gasteiger partial charge on any atom is -0.355 e. The van der Waals surface area contributed by atoms with E-state index in [-0.39, 0.29) is 5.41 Å². The Hall–Kier alpha value is -5.08. The molecule has 1 aliphatic rings. The Morgan fingerprint density at radius 2 is 1.00 bits per heavy atom. The van der Waals surface area contributed by atoms with E-state index in [0.29, 0.717) is 0 Å². The fourth-order valence-electron chi connectivity index (χ4n) is 6.91. The Labute approximate surface area is 240 Å². The molecule has 2 heteroatoms. The zero-order chi connectivity index (χ0) is 27.6. The molecule has 8 rings (SSSR count). The lowest BCUT2D eigenvalue weighted by atomic mass is 9.82. The van der Waals surface area contributed by atoms with Gasteiger partial charge in [0, 0.05) is 44.3 Å². The Balaban J connectivity index is 1.32. The molecule has 41 heavy (non-hydrogen) atoms. The highest BCUT2D eigenvalue weighted by molar-refractivity contribution is 6.10. The molecule has 0 aliphatic heterocycles. The van der Waals surface area contributed by atoms with E-state index in [1.165, 1.54) is 60.9 Å². The van der Waals surface area contributed by atoms with Crippen molar-refractivity contribution in [2.24, 2.45) is 0 Å². The second-order valence-electron chi connectivity index (χ2n) is 11.5. The molecular weight excluding hydrogens is 496 g/mol. The molecule has 0 fully saturated rings. The zero-order valence-corrected chi connectivity index (χ0v) is 23.2. The zero-order valence-electron chi connectivity index (χ0n) is 23.2. The largest absolute Gasteiger partial charge is 0.355 e. The molecule has 196 valence electrons. The van der Waals surface area contributed by atoms with Crippen LogP contribution in [-0.4, -0.2) is 4.57 Å². The number of nitrogens with one attached hydrogen (secondary N) is 1. The number of anilines is 2. The van der Waals surface area contributed by atoms with E-state index in [0.717, 1.165) is 11.4 Å². The third kappa shape index (κ3) is 3.50. The van der Waals surface area contributed by atoms with Crippen molar-refractivity contribution < 1.29 is 0 Å². The molecule has 0 radical (unpaired) electrons. The summed E-state index contributed by atoms with van der Waals surface area (Å²) < 4.78 is 2.41.